The van der Waals surface area contributed by atoms with Crippen LogP contribution in [0.3, 0.4) is 0 Å². The molecule has 0 N–H and O–H groups in total. The second-order valence-electron chi connectivity index (χ2n) is 34.5. The Bertz CT molecular complexity index is 8030. The minimum absolute atomic E-state index is 0.145. The number of rotatable bonds is 12. The van der Waals surface area contributed by atoms with E-state index in [1.54, 1.807) is 0 Å². The van der Waals surface area contributed by atoms with Gasteiger partial charge >= 0.3 is 0 Å². The Kier molecular flexibility index (Phi) is 16.7. The Morgan fingerprint density at radius 1 is 0.177 bits per heavy atom. The quantitative estimate of drug-likeness (QED) is 0.122. The zero-order chi connectivity index (χ0) is 82.5. The molecule has 0 aliphatic heterocycles. The van der Waals surface area contributed by atoms with Crippen LogP contribution in [-0.4, -0.2) is 0 Å². The Morgan fingerprint density at radius 3 is 0.952 bits per heavy atom. The smallest absolute Gasteiger partial charge is 0.143 e. The Balaban J connectivity index is 0.000000141. The topological polar surface area (TPSA) is 32.8 Å². The third-order valence-electron chi connectivity index (χ3n) is 26.9. The van der Waals surface area contributed by atoms with Gasteiger partial charge in [0.2, 0.25) is 0 Å². The fourth-order valence-electron chi connectivity index (χ4n) is 20.7. The fourth-order valence-corrected chi connectivity index (χ4v) is 20.7. The van der Waals surface area contributed by atoms with Gasteiger partial charge in [0.25, 0.3) is 0 Å². The summed E-state index contributed by atoms with van der Waals surface area (Å²) in [5.41, 5.74) is 40.6. The van der Waals surface area contributed by atoms with E-state index in [2.05, 4.69) is 450 Å². The SMILES string of the molecule is CC1(C)c2cc(-c3ccccc3)ccc2-c2ccc(N(c3ccc(-c4ccc(-c5cc6c7ccccc7oc6c6ccccc56)cc4)cc3)c3ccc4c5c(cccc35)-c3ccccc3-4)cc21.CC1(C)c2cc(-c3ccccc3)ccc2-c2ccc(N(c3ccccc3)c3ccc(-c4ccc(-c5cc6c7ccccc7oc6c6ccccc56)cc4)cc3)cc21. The van der Waals surface area contributed by atoms with Gasteiger partial charge < -0.3 is 18.6 Å². The Hall–Kier alpha value is -15.6. The van der Waals surface area contributed by atoms with Crippen LogP contribution in [0.2, 0.25) is 0 Å². The first kappa shape index (κ1) is 72.4. The predicted octanol–water partition coefficient (Wildman–Crippen LogP) is 33.8. The first-order valence-electron chi connectivity index (χ1n) is 43.1. The highest BCUT2D eigenvalue weighted by Crippen LogP contribution is 2.57. The lowest BCUT2D eigenvalue weighted by Gasteiger charge is -2.29. The van der Waals surface area contributed by atoms with E-state index in [-0.39, 0.29) is 10.8 Å². The Labute approximate surface area is 720 Å². The van der Waals surface area contributed by atoms with Crippen molar-refractivity contribution in [3.05, 3.63) is 447 Å². The summed E-state index contributed by atoms with van der Waals surface area (Å²) in [5.74, 6) is 0. The summed E-state index contributed by atoms with van der Waals surface area (Å²) in [6.45, 7) is 9.50. The lowest BCUT2D eigenvalue weighted by Crippen LogP contribution is -2.17. The summed E-state index contributed by atoms with van der Waals surface area (Å²) >= 11 is 0. The van der Waals surface area contributed by atoms with Crippen LogP contribution in [0.1, 0.15) is 49.9 Å². The number of nitrogens with zero attached hydrogens (tertiary/aromatic N) is 2. The van der Waals surface area contributed by atoms with Gasteiger partial charge in [0, 0.05) is 77.0 Å². The largest absolute Gasteiger partial charge is 0.455 e. The molecule has 584 valence electrons. The molecule has 3 aliphatic rings. The van der Waals surface area contributed by atoms with E-state index in [0.29, 0.717) is 0 Å². The van der Waals surface area contributed by atoms with Crippen LogP contribution in [0.5, 0.6) is 0 Å². The molecule has 25 rings (SSSR count). The van der Waals surface area contributed by atoms with Crippen LogP contribution in [0.15, 0.2) is 433 Å². The summed E-state index contributed by atoms with van der Waals surface area (Å²) in [6, 6.07) is 155. The standard InChI is InChI=1S/C65H43NO.C55H39NO/c1-65(2)59-37-44(40-13-4-3-5-14-40)29-33-50(59)51-34-32-46(38-60(51)65)66(61-36-35-54-48-16-7-6-15-47(48)53-20-12-21-56(61)63(53)54)45-30-27-42(28-31-45)41-23-25-43(26-24-41)57-39-58-52-18-10-11-22-62(52)67-64(58)55-19-9-8-17-49(55)57;1-55(2)51-33-40(36-13-5-3-6-14-36)27-31-45(51)46-32-30-43(34-52(46)55)56(41-15-7-4-8-16-41)42-28-25-38(26-29-42)37-21-23-39(24-22-37)49-35-50-47-18-11-12-20-53(47)57-54(50)48-19-10-9-17-44(48)49/h3-39H,1-2H3;3-35H,1-2H3. The molecular formula is C120H82N2O2. The molecule has 0 atom stereocenters. The Morgan fingerprint density at radius 2 is 0.484 bits per heavy atom. The molecule has 0 unspecified atom stereocenters. The van der Waals surface area contributed by atoms with Crippen LogP contribution in [0, 0.1) is 0 Å². The summed E-state index contributed by atoms with van der Waals surface area (Å²) in [7, 11) is 0. The molecule has 4 heteroatoms. The summed E-state index contributed by atoms with van der Waals surface area (Å²) in [6.07, 6.45) is 0. The minimum atomic E-state index is -0.193. The molecule has 0 saturated heterocycles. The van der Waals surface area contributed by atoms with E-state index in [0.717, 1.165) is 83.1 Å². The number of fused-ring (bicyclic) bond motifs is 19. The average Bonchev–Trinajstić information content (AvgIpc) is 1.56. The molecule has 20 aromatic carbocycles. The summed E-state index contributed by atoms with van der Waals surface area (Å²) in [4.78, 5) is 4.86. The highest BCUT2D eigenvalue weighted by atomic mass is 16.3. The lowest BCUT2D eigenvalue weighted by atomic mass is 9.81. The van der Waals surface area contributed by atoms with Crippen LogP contribution in [-0.2, 0) is 10.8 Å². The van der Waals surface area contributed by atoms with E-state index in [9.17, 15) is 0 Å². The van der Waals surface area contributed by atoms with Crippen molar-refractivity contribution in [1.29, 1.82) is 0 Å². The number of benzene rings is 20. The van der Waals surface area contributed by atoms with Gasteiger partial charge in [-0.15, -0.1) is 0 Å². The van der Waals surface area contributed by atoms with Crippen molar-refractivity contribution in [3.63, 3.8) is 0 Å². The highest BCUT2D eigenvalue weighted by Gasteiger charge is 2.39. The van der Waals surface area contributed by atoms with Crippen molar-refractivity contribution in [3.8, 4) is 111 Å². The predicted molar refractivity (Wildman–Crippen MR) is 521 cm³/mol. The first-order valence-corrected chi connectivity index (χ1v) is 43.1. The molecule has 0 spiro atoms. The molecule has 2 heterocycles. The molecule has 4 nitrogen and oxygen atoms in total. The molecule has 22 aromatic rings. The van der Waals surface area contributed by atoms with Crippen molar-refractivity contribution in [2.24, 2.45) is 0 Å². The van der Waals surface area contributed by atoms with Gasteiger partial charge in [-0.25, -0.2) is 0 Å². The summed E-state index contributed by atoms with van der Waals surface area (Å²) in [5, 5.41) is 11.8. The molecule has 0 fully saturated rings. The summed E-state index contributed by atoms with van der Waals surface area (Å²) < 4.78 is 12.8. The number of hydrogen-bond acceptors (Lipinski definition) is 4. The van der Waals surface area contributed by atoms with Crippen LogP contribution in [0.25, 0.3) is 187 Å². The van der Waals surface area contributed by atoms with Crippen molar-refractivity contribution in [2.45, 2.75) is 38.5 Å². The van der Waals surface area contributed by atoms with E-state index >= 15 is 0 Å². The second-order valence-corrected chi connectivity index (χ2v) is 34.5. The number of para-hydroxylation sites is 3. The fraction of sp³-hybridized carbons (Fsp3) is 0.0500. The molecule has 0 bridgehead atoms. The normalized spacial score (nSPS) is 13.0. The van der Waals surface area contributed by atoms with Crippen molar-refractivity contribution < 1.29 is 8.83 Å². The van der Waals surface area contributed by atoms with Gasteiger partial charge in [-0.3, -0.25) is 0 Å². The maximum absolute atomic E-state index is 6.42. The van der Waals surface area contributed by atoms with Crippen LogP contribution in [0.4, 0.5) is 34.1 Å². The van der Waals surface area contributed by atoms with Crippen molar-refractivity contribution in [1.82, 2.24) is 0 Å². The third kappa shape index (κ3) is 11.7. The molecule has 0 radical (unpaired) electrons. The van der Waals surface area contributed by atoms with E-state index < -0.39 is 0 Å². The van der Waals surface area contributed by atoms with E-state index in [1.165, 1.54) is 161 Å². The van der Waals surface area contributed by atoms with Crippen LogP contribution >= 0.6 is 0 Å². The average molecular weight is 1580 g/mol. The molecule has 2 aromatic heterocycles. The molecular weight excluding hydrogens is 1500 g/mol. The third-order valence-corrected chi connectivity index (χ3v) is 26.9. The molecule has 0 amide bonds. The van der Waals surface area contributed by atoms with Gasteiger partial charge in [-0.1, -0.05) is 349 Å². The van der Waals surface area contributed by atoms with E-state index in [1.807, 2.05) is 12.1 Å². The van der Waals surface area contributed by atoms with Crippen molar-refractivity contribution in [2.75, 3.05) is 9.80 Å². The van der Waals surface area contributed by atoms with Crippen LogP contribution < -0.4 is 9.80 Å². The molecule has 0 saturated carbocycles. The zero-order valence-electron chi connectivity index (χ0n) is 69.1. The molecule has 3 aliphatic carbocycles. The van der Waals surface area contributed by atoms with Gasteiger partial charge in [-0.2, -0.15) is 0 Å². The maximum atomic E-state index is 6.42. The number of anilines is 6. The zero-order valence-corrected chi connectivity index (χ0v) is 69.1. The molecule has 124 heavy (non-hydrogen) atoms. The van der Waals surface area contributed by atoms with Gasteiger partial charge in [0.1, 0.15) is 22.3 Å². The maximum Gasteiger partial charge on any atom is 0.143 e. The van der Waals surface area contributed by atoms with Gasteiger partial charge in [0.05, 0.1) is 5.69 Å². The first-order chi connectivity index (χ1) is 61.0. The lowest BCUT2D eigenvalue weighted by molar-refractivity contribution is 0.660. The highest BCUT2D eigenvalue weighted by molar-refractivity contribution is 6.22. The van der Waals surface area contributed by atoms with Gasteiger partial charge in [0.15, 0.2) is 0 Å². The minimum Gasteiger partial charge on any atom is -0.455 e. The number of furan rings is 2. The van der Waals surface area contributed by atoms with Crippen molar-refractivity contribution >= 4 is 110 Å². The number of hydrogen-bond donors (Lipinski definition) is 0. The van der Waals surface area contributed by atoms with E-state index in [4.69, 9.17) is 8.83 Å². The second kappa shape index (κ2) is 28.5. The monoisotopic (exact) mass is 1580 g/mol. The van der Waals surface area contributed by atoms with Gasteiger partial charge in [-0.05, 0) is 253 Å².